The average molecular weight is 344 g/mol. The molecule has 0 aromatic carbocycles. The van der Waals surface area contributed by atoms with E-state index in [4.69, 9.17) is 4.74 Å². The second-order valence-corrected chi connectivity index (χ2v) is 6.02. The SMILES string of the molecule is COc1c[nH]c(C(=O)N2CCc3nc(C)n(C)c(=O)c3CC2)cc1=O. The molecule has 0 saturated heterocycles. The zero-order valence-corrected chi connectivity index (χ0v) is 14.5. The van der Waals surface area contributed by atoms with Crippen LogP contribution < -0.4 is 15.7 Å². The minimum Gasteiger partial charge on any atom is -0.491 e. The summed E-state index contributed by atoms with van der Waals surface area (Å²) in [5, 5.41) is 0. The standard InChI is InChI=1S/C17H20N4O4/c1-10-19-12-5-7-21(6-4-11(12)16(23)20(10)2)17(24)13-8-14(22)15(25-3)9-18-13/h8-9H,4-7H2,1-3H3,(H,18,22). The lowest BCUT2D eigenvalue weighted by atomic mass is 10.1. The third-order valence-corrected chi connectivity index (χ3v) is 4.56. The average Bonchev–Trinajstić information content (AvgIpc) is 2.81. The third-order valence-electron chi connectivity index (χ3n) is 4.56. The summed E-state index contributed by atoms with van der Waals surface area (Å²) in [5.41, 5.74) is 1.20. The van der Waals surface area contributed by atoms with E-state index in [0.717, 1.165) is 5.69 Å². The van der Waals surface area contributed by atoms with Gasteiger partial charge in [-0.2, -0.15) is 0 Å². The van der Waals surface area contributed by atoms with Crippen LogP contribution in [0.15, 0.2) is 21.9 Å². The van der Waals surface area contributed by atoms with Crippen LogP contribution in [0.4, 0.5) is 0 Å². The number of amides is 1. The fourth-order valence-corrected chi connectivity index (χ4v) is 2.98. The van der Waals surface area contributed by atoms with Gasteiger partial charge in [0.2, 0.25) is 5.43 Å². The fraction of sp³-hybridized carbons (Fsp3) is 0.412. The van der Waals surface area contributed by atoms with Gasteiger partial charge in [-0.15, -0.1) is 0 Å². The van der Waals surface area contributed by atoms with E-state index in [1.807, 2.05) is 0 Å². The van der Waals surface area contributed by atoms with Crippen molar-refractivity contribution in [2.75, 3.05) is 20.2 Å². The van der Waals surface area contributed by atoms with Crippen molar-refractivity contribution < 1.29 is 9.53 Å². The van der Waals surface area contributed by atoms with E-state index < -0.39 is 0 Å². The molecule has 8 heteroatoms. The summed E-state index contributed by atoms with van der Waals surface area (Å²) in [6, 6.07) is 1.24. The minimum absolute atomic E-state index is 0.0605. The Balaban J connectivity index is 1.86. The molecule has 0 atom stereocenters. The van der Waals surface area contributed by atoms with Crippen molar-refractivity contribution in [3.63, 3.8) is 0 Å². The molecule has 0 bridgehead atoms. The lowest BCUT2D eigenvalue weighted by Gasteiger charge is -2.19. The highest BCUT2D eigenvalue weighted by Gasteiger charge is 2.23. The minimum atomic E-state index is -0.353. The van der Waals surface area contributed by atoms with E-state index in [1.165, 1.54) is 23.9 Å². The van der Waals surface area contributed by atoms with Crippen molar-refractivity contribution in [2.24, 2.45) is 7.05 Å². The lowest BCUT2D eigenvalue weighted by molar-refractivity contribution is 0.0757. The number of hydrogen-bond acceptors (Lipinski definition) is 5. The van der Waals surface area contributed by atoms with E-state index in [1.54, 1.807) is 18.9 Å². The van der Waals surface area contributed by atoms with Gasteiger partial charge < -0.3 is 14.6 Å². The topological polar surface area (TPSA) is 97.3 Å². The van der Waals surface area contributed by atoms with E-state index in [-0.39, 0.29) is 28.3 Å². The van der Waals surface area contributed by atoms with E-state index in [9.17, 15) is 14.4 Å². The zero-order valence-electron chi connectivity index (χ0n) is 14.5. The summed E-state index contributed by atoms with van der Waals surface area (Å²) >= 11 is 0. The van der Waals surface area contributed by atoms with Crippen LogP contribution in [0.5, 0.6) is 5.75 Å². The molecule has 132 valence electrons. The van der Waals surface area contributed by atoms with Gasteiger partial charge in [0.25, 0.3) is 11.5 Å². The number of carbonyl (C=O) groups is 1. The summed E-state index contributed by atoms with van der Waals surface area (Å²) < 4.78 is 6.43. The highest BCUT2D eigenvalue weighted by atomic mass is 16.5. The number of rotatable bonds is 2. The molecule has 8 nitrogen and oxygen atoms in total. The Morgan fingerprint density at radius 1 is 1.28 bits per heavy atom. The smallest absolute Gasteiger partial charge is 0.270 e. The van der Waals surface area contributed by atoms with Gasteiger partial charge in [-0.05, 0) is 13.3 Å². The zero-order chi connectivity index (χ0) is 18.1. The molecule has 0 radical (unpaired) electrons. The van der Waals surface area contributed by atoms with E-state index in [2.05, 4.69) is 9.97 Å². The van der Waals surface area contributed by atoms with Gasteiger partial charge in [0.1, 0.15) is 11.5 Å². The van der Waals surface area contributed by atoms with Crippen LogP contribution in [0.25, 0.3) is 0 Å². The Hall–Kier alpha value is -2.90. The summed E-state index contributed by atoms with van der Waals surface area (Å²) in [6.45, 7) is 2.64. The number of nitrogens with one attached hydrogen (secondary N) is 1. The molecule has 0 saturated carbocycles. The highest BCUT2D eigenvalue weighted by molar-refractivity contribution is 5.92. The summed E-state index contributed by atoms with van der Waals surface area (Å²) in [6.07, 6.45) is 2.34. The molecule has 0 spiro atoms. The van der Waals surface area contributed by atoms with Crippen LogP contribution >= 0.6 is 0 Å². The van der Waals surface area contributed by atoms with Gasteiger partial charge in [0.05, 0.1) is 12.8 Å². The predicted molar refractivity (Wildman–Crippen MR) is 91.1 cm³/mol. The molecule has 0 unspecified atom stereocenters. The molecular weight excluding hydrogens is 324 g/mol. The van der Waals surface area contributed by atoms with Crippen LogP contribution in [0.1, 0.15) is 27.6 Å². The van der Waals surface area contributed by atoms with E-state index >= 15 is 0 Å². The van der Waals surface area contributed by atoms with Crippen LogP contribution in [0, 0.1) is 6.92 Å². The molecule has 2 aromatic heterocycles. The Labute approximate surface area is 144 Å². The number of aromatic amines is 1. The normalized spacial score (nSPS) is 14.0. The Kier molecular flexibility index (Phi) is 4.43. The quantitative estimate of drug-likeness (QED) is 0.829. The first-order chi connectivity index (χ1) is 11.9. The predicted octanol–water partition coefficient (Wildman–Crippen LogP) is 0.0266. The first kappa shape index (κ1) is 16.9. The molecule has 3 rings (SSSR count). The number of methoxy groups -OCH3 is 1. The molecule has 1 N–H and O–H groups in total. The number of carbonyl (C=O) groups excluding carboxylic acids is 1. The number of fused-ring (bicyclic) bond motifs is 1. The second-order valence-electron chi connectivity index (χ2n) is 6.02. The van der Waals surface area contributed by atoms with Crippen LogP contribution in [-0.2, 0) is 19.9 Å². The Bertz CT molecular complexity index is 945. The number of H-pyrrole nitrogens is 1. The number of ether oxygens (including phenoxy) is 1. The third kappa shape index (κ3) is 3.07. The first-order valence-electron chi connectivity index (χ1n) is 8.03. The first-order valence-corrected chi connectivity index (χ1v) is 8.03. The number of aromatic nitrogens is 3. The molecular formula is C17H20N4O4. The maximum absolute atomic E-state index is 12.7. The van der Waals surface area contributed by atoms with Gasteiger partial charge in [0, 0.05) is 44.4 Å². The van der Waals surface area contributed by atoms with Crippen molar-refractivity contribution in [1.29, 1.82) is 0 Å². The monoisotopic (exact) mass is 344 g/mol. The van der Waals surface area contributed by atoms with Crippen molar-refractivity contribution >= 4 is 5.91 Å². The molecule has 0 fully saturated rings. The van der Waals surface area contributed by atoms with Gasteiger partial charge in [0.15, 0.2) is 5.75 Å². The van der Waals surface area contributed by atoms with Crippen molar-refractivity contribution in [1.82, 2.24) is 19.4 Å². The highest BCUT2D eigenvalue weighted by Crippen LogP contribution is 2.13. The van der Waals surface area contributed by atoms with Crippen molar-refractivity contribution in [2.45, 2.75) is 19.8 Å². The van der Waals surface area contributed by atoms with Crippen LogP contribution in [-0.4, -0.2) is 45.5 Å². The van der Waals surface area contributed by atoms with Gasteiger partial charge in [-0.3, -0.25) is 19.0 Å². The molecule has 1 aliphatic heterocycles. The van der Waals surface area contributed by atoms with Crippen molar-refractivity contribution in [3.05, 3.63) is 55.6 Å². The summed E-state index contributed by atoms with van der Waals surface area (Å²) in [5.74, 6) is 0.534. The molecule has 3 heterocycles. The Morgan fingerprint density at radius 3 is 2.68 bits per heavy atom. The maximum atomic E-state index is 12.7. The molecule has 1 aliphatic rings. The Morgan fingerprint density at radius 2 is 2.00 bits per heavy atom. The molecule has 1 amide bonds. The van der Waals surface area contributed by atoms with Crippen molar-refractivity contribution in [3.8, 4) is 5.75 Å². The summed E-state index contributed by atoms with van der Waals surface area (Å²) in [4.78, 5) is 45.9. The number of hydrogen-bond donors (Lipinski definition) is 1. The lowest BCUT2D eigenvalue weighted by Crippen LogP contribution is -2.34. The second kappa shape index (κ2) is 6.54. The van der Waals surface area contributed by atoms with Gasteiger partial charge in [-0.1, -0.05) is 0 Å². The maximum Gasteiger partial charge on any atom is 0.270 e. The molecule has 0 aliphatic carbocycles. The van der Waals surface area contributed by atoms with Crippen LogP contribution in [0.3, 0.4) is 0 Å². The van der Waals surface area contributed by atoms with Gasteiger partial charge in [-0.25, -0.2) is 4.98 Å². The van der Waals surface area contributed by atoms with Crippen LogP contribution in [0.2, 0.25) is 0 Å². The summed E-state index contributed by atoms with van der Waals surface area (Å²) in [7, 11) is 3.09. The van der Waals surface area contributed by atoms with Gasteiger partial charge >= 0.3 is 0 Å². The largest absolute Gasteiger partial charge is 0.491 e. The van der Waals surface area contributed by atoms with E-state index in [0.29, 0.717) is 37.3 Å². The molecule has 25 heavy (non-hydrogen) atoms. The number of pyridine rings is 1. The number of nitrogens with zero attached hydrogens (tertiary/aromatic N) is 3. The number of aryl methyl sites for hydroxylation is 1. The fourth-order valence-electron chi connectivity index (χ4n) is 2.98. The molecule has 2 aromatic rings.